The zero-order valence-corrected chi connectivity index (χ0v) is 26.3. The number of esters is 3. The van der Waals surface area contributed by atoms with Crippen molar-refractivity contribution in [2.24, 2.45) is 11.8 Å². The Morgan fingerprint density at radius 3 is 2.36 bits per heavy atom. The van der Waals surface area contributed by atoms with E-state index in [9.17, 15) is 34.2 Å². The molecule has 0 spiro atoms. The van der Waals surface area contributed by atoms with Crippen LogP contribution in [-0.4, -0.2) is 69.3 Å². The van der Waals surface area contributed by atoms with Crippen molar-refractivity contribution in [3.63, 3.8) is 0 Å². The molecule has 2 heterocycles. The summed E-state index contributed by atoms with van der Waals surface area (Å²) in [7, 11) is 0. The van der Waals surface area contributed by atoms with Gasteiger partial charge in [0, 0.05) is 12.6 Å². The average molecular weight is 628 g/mol. The molecule has 1 aliphatic heterocycles. The van der Waals surface area contributed by atoms with Crippen LogP contribution < -0.4 is 10.6 Å². The molecule has 2 amide bonds. The number of ether oxygens (including phenoxy) is 3. The van der Waals surface area contributed by atoms with E-state index in [1.54, 1.807) is 6.92 Å². The zero-order chi connectivity index (χ0) is 33.4. The van der Waals surface area contributed by atoms with Gasteiger partial charge in [0.25, 0.3) is 11.8 Å². The number of amides is 2. The van der Waals surface area contributed by atoms with Crippen LogP contribution in [0, 0.1) is 18.8 Å². The van der Waals surface area contributed by atoms with Crippen LogP contribution in [0.2, 0.25) is 0 Å². The third-order valence-electron chi connectivity index (χ3n) is 7.36. The summed E-state index contributed by atoms with van der Waals surface area (Å²) in [6.07, 6.45) is -0.211. The van der Waals surface area contributed by atoms with E-state index in [1.165, 1.54) is 44.3 Å². The van der Waals surface area contributed by atoms with Crippen molar-refractivity contribution in [1.29, 1.82) is 0 Å². The van der Waals surface area contributed by atoms with Gasteiger partial charge in [-0.1, -0.05) is 39.7 Å². The summed E-state index contributed by atoms with van der Waals surface area (Å²) in [5.74, 6) is -5.82. The molecular formula is C32H41N3O10. The van der Waals surface area contributed by atoms with Crippen molar-refractivity contribution >= 4 is 35.4 Å². The summed E-state index contributed by atoms with van der Waals surface area (Å²) < 4.78 is 16.9. The second-order valence-corrected chi connectivity index (χ2v) is 11.5. The Hall–Kier alpha value is -4.68. The standard InChI is InChI=1S/C32H41N3O10/c1-7-8-10-21-28(45-23(36)15-16(2)3)19(6)44-32(42)24(18(5)43-31(21)41)35-29(39)20-11-9-12-22(27(20)38)34-30(40)25-26(37)17(4)13-14-33-25/h9,11-14,16,18-19,21,24,28,37-38H,7-8,10,15H2,1-6H3,(H,34,40)(H,35,39)/t18-,19+,21-,24?,28+/m1/s1. The predicted molar refractivity (Wildman–Crippen MR) is 161 cm³/mol. The highest BCUT2D eigenvalue weighted by atomic mass is 16.6. The van der Waals surface area contributed by atoms with Crippen molar-refractivity contribution in [3.8, 4) is 11.5 Å². The number of nitrogens with one attached hydrogen (secondary N) is 2. The van der Waals surface area contributed by atoms with Gasteiger partial charge in [0.15, 0.2) is 23.6 Å². The number of carbonyl (C=O) groups excluding carboxylic acids is 5. The summed E-state index contributed by atoms with van der Waals surface area (Å²) in [5.41, 5.74) is -0.344. The van der Waals surface area contributed by atoms with Crippen LogP contribution in [0.25, 0.3) is 0 Å². The molecule has 0 saturated carbocycles. The number of hydrogen-bond acceptors (Lipinski definition) is 11. The molecule has 244 valence electrons. The lowest BCUT2D eigenvalue weighted by atomic mass is 9.92. The number of para-hydroxylation sites is 1. The van der Waals surface area contributed by atoms with Gasteiger partial charge in [-0.05, 0) is 56.9 Å². The summed E-state index contributed by atoms with van der Waals surface area (Å²) >= 11 is 0. The number of phenolic OH excluding ortho intramolecular Hbond substituents is 1. The van der Waals surface area contributed by atoms with Gasteiger partial charge in [-0.25, -0.2) is 9.78 Å². The van der Waals surface area contributed by atoms with Crippen molar-refractivity contribution in [2.45, 2.75) is 91.6 Å². The fourth-order valence-corrected chi connectivity index (χ4v) is 4.85. The zero-order valence-electron chi connectivity index (χ0n) is 26.3. The number of carbonyl (C=O) groups is 5. The second kappa shape index (κ2) is 15.4. The fraction of sp³-hybridized carbons (Fsp3) is 0.500. The van der Waals surface area contributed by atoms with Gasteiger partial charge in [-0.15, -0.1) is 0 Å². The Bertz CT molecular complexity index is 1430. The van der Waals surface area contributed by atoms with Crippen molar-refractivity contribution < 1.29 is 48.4 Å². The van der Waals surface area contributed by atoms with Gasteiger partial charge < -0.3 is 35.1 Å². The fourth-order valence-electron chi connectivity index (χ4n) is 4.85. The largest absolute Gasteiger partial charge is 0.505 e. The van der Waals surface area contributed by atoms with E-state index < -0.39 is 65.7 Å². The lowest BCUT2D eigenvalue weighted by Gasteiger charge is -2.29. The quantitative estimate of drug-likeness (QED) is 0.170. The Balaban J connectivity index is 1.85. The molecule has 5 atom stereocenters. The first kappa shape index (κ1) is 34.8. The molecule has 1 fully saturated rings. The van der Waals surface area contributed by atoms with Gasteiger partial charge in [0.1, 0.15) is 18.0 Å². The molecule has 45 heavy (non-hydrogen) atoms. The minimum atomic E-state index is -1.49. The van der Waals surface area contributed by atoms with Crippen LogP contribution in [0.3, 0.4) is 0 Å². The van der Waals surface area contributed by atoms with E-state index in [2.05, 4.69) is 15.6 Å². The smallest absolute Gasteiger partial charge is 0.332 e. The molecule has 13 heteroatoms. The Morgan fingerprint density at radius 1 is 1.00 bits per heavy atom. The first-order valence-electron chi connectivity index (χ1n) is 14.9. The third kappa shape index (κ3) is 8.70. The second-order valence-electron chi connectivity index (χ2n) is 11.5. The van der Waals surface area contributed by atoms with E-state index in [1.807, 2.05) is 20.8 Å². The van der Waals surface area contributed by atoms with Crippen LogP contribution in [0.5, 0.6) is 11.5 Å². The number of pyridine rings is 1. The van der Waals surface area contributed by atoms with Gasteiger partial charge >= 0.3 is 17.9 Å². The normalized spacial score (nSPS) is 21.9. The minimum Gasteiger partial charge on any atom is -0.505 e. The number of hydrogen-bond donors (Lipinski definition) is 4. The highest BCUT2D eigenvalue weighted by Crippen LogP contribution is 2.30. The van der Waals surface area contributed by atoms with Gasteiger partial charge in [0.2, 0.25) is 0 Å². The van der Waals surface area contributed by atoms with Crippen molar-refractivity contribution in [1.82, 2.24) is 10.3 Å². The van der Waals surface area contributed by atoms with Gasteiger partial charge in [-0.2, -0.15) is 0 Å². The minimum absolute atomic E-state index is 0.00180. The topological polar surface area (TPSA) is 190 Å². The number of rotatable bonds is 10. The maximum atomic E-state index is 13.4. The Labute approximate surface area is 261 Å². The van der Waals surface area contributed by atoms with E-state index in [0.29, 0.717) is 18.4 Å². The van der Waals surface area contributed by atoms with E-state index in [4.69, 9.17) is 14.2 Å². The van der Waals surface area contributed by atoms with E-state index in [0.717, 1.165) is 6.42 Å². The number of aryl methyl sites for hydroxylation is 1. The summed E-state index contributed by atoms with van der Waals surface area (Å²) in [6.45, 7) is 10.1. The first-order valence-corrected chi connectivity index (χ1v) is 14.9. The molecule has 1 aromatic heterocycles. The maximum Gasteiger partial charge on any atom is 0.332 e. The summed E-state index contributed by atoms with van der Waals surface area (Å²) in [5, 5.41) is 25.9. The van der Waals surface area contributed by atoms with Crippen LogP contribution in [0.1, 0.15) is 86.7 Å². The number of unbranched alkanes of at least 4 members (excludes halogenated alkanes) is 1. The highest BCUT2D eigenvalue weighted by molar-refractivity contribution is 6.07. The molecule has 0 aliphatic carbocycles. The number of benzene rings is 1. The molecule has 1 saturated heterocycles. The van der Waals surface area contributed by atoms with Crippen LogP contribution in [0.15, 0.2) is 30.5 Å². The molecule has 3 rings (SSSR count). The van der Waals surface area contributed by atoms with Crippen molar-refractivity contribution in [2.75, 3.05) is 5.32 Å². The molecule has 0 bridgehead atoms. The maximum absolute atomic E-state index is 13.4. The number of anilines is 1. The lowest BCUT2D eigenvalue weighted by Crippen LogP contribution is -2.50. The van der Waals surface area contributed by atoms with Crippen LogP contribution in [-0.2, 0) is 28.6 Å². The third-order valence-corrected chi connectivity index (χ3v) is 7.36. The molecule has 2 aromatic rings. The highest BCUT2D eigenvalue weighted by Gasteiger charge is 2.44. The molecule has 1 aliphatic rings. The monoisotopic (exact) mass is 627 g/mol. The molecule has 13 nitrogen and oxygen atoms in total. The number of aromatic hydroxyl groups is 2. The van der Waals surface area contributed by atoms with Gasteiger partial charge in [0.05, 0.1) is 17.2 Å². The van der Waals surface area contributed by atoms with Crippen molar-refractivity contribution in [3.05, 3.63) is 47.3 Å². The molecule has 4 N–H and O–H groups in total. The van der Waals surface area contributed by atoms with Crippen LogP contribution in [0.4, 0.5) is 5.69 Å². The van der Waals surface area contributed by atoms with E-state index >= 15 is 0 Å². The van der Waals surface area contributed by atoms with E-state index in [-0.39, 0.29) is 35.0 Å². The summed E-state index contributed by atoms with van der Waals surface area (Å²) in [6, 6.07) is 3.99. The van der Waals surface area contributed by atoms with Crippen LogP contribution >= 0.6 is 0 Å². The number of phenols is 1. The number of cyclic esters (lactones) is 2. The number of nitrogens with zero attached hydrogens (tertiary/aromatic N) is 1. The molecule has 1 unspecified atom stereocenters. The molecule has 0 radical (unpaired) electrons. The summed E-state index contributed by atoms with van der Waals surface area (Å²) in [4.78, 5) is 69.2. The average Bonchev–Trinajstić information content (AvgIpc) is 2.99. The lowest BCUT2D eigenvalue weighted by molar-refractivity contribution is -0.175. The molecule has 1 aromatic carbocycles. The Kier molecular flexibility index (Phi) is 11.9. The Morgan fingerprint density at radius 2 is 1.69 bits per heavy atom. The predicted octanol–water partition coefficient (Wildman–Crippen LogP) is 3.79. The SMILES string of the molecule is CCCC[C@H]1C(=O)O[C@H](C)C(NC(=O)c2cccc(NC(=O)c3nccc(C)c3O)c2O)C(=O)O[C@@H](C)[C@@H]1OC(=O)CC(C)C. The molecular weight excluding hydrogens is 586 g/mol. The van der Waals surface area contributed by atoms with Gasteiger partial charge in [-0.3, -0.25) is 19.2 Å². The number of aromatic nitrogens is 1. The first-order chi connectivity index (χ1) is 21.2.